The Morgan fingerprint density at radius 2 is 0.688 bits per heavy atom. The number of nitrogens with zero attached hydrogens (tertiary/aromatic N) is 3. The molecule has 0 aliphatic carbocycles. The minimum Gasteiger partial charge on any atom is -0.505 e. The minimum atomic E-state index is -4.61. The first kappa shape index (κ1) is 77.6. The van der Waals surface area contributed by atoms with Crippen molar-refractivity contribution in [2.24, 2.45) is 0 Å². The van der Waals surface area contributed by atoms with Crippen LogP contribution in [0.1, 0.15) is 38.9 Å². The van der Waals surface area contributed by atoms with Crippen molar-refractivity contribution in [3.63, 3.8) is 0 Å². The van der Waals surface area contributed by atoms with Gasteiger partial charge in [0.25, 0.3) is 16.7 Å². The minimum absolute atomic E-state index is 0.00739. The van der Waals surface area contributed by atoms with Gasteiger partial charge in [0.1, 0.15) is 65.5 Å². The van der Waals surface area contributed by atoms with E-state index in [0.29, 0.717) is 84.8 Å². The van der Waals surface area contributed by atoms with Crippen LogP contribution in [0.15, 0.2) is 266 Å². The van der Waals surface area contributed by atoms with Crippen molar-refractivity contribution >= 4 is 101 Å². The number of pyridine rings is 3. The molecule has 570 valence electrons. The molecule has 6 aromatic heterocycles. The van der Waals surface area contributed by atoms with E-state index in [4.69, 9.17) is 27.5 Å². The fraction of sp³-hybridized carbons (Fsp3) is 0.122. The second-order valence-electron chi connectivity index (χ2n) is 25.2. The average Bonchev–Trinajstić information content (AvgIpc) is 0.744. The maximum atomic E-state index is 13.7. The van der Waals surface area contributed by atoms with Crippen molar-refractivity contribution in [1.82, 2.24) is 13.7 Å². The molecule has 18 nitrogen and oxygen atoms in total. The summed E-state index contributed by atoms with van der Waals surface area (Å²) in [5, 5.41) is 33.8. The van der Waals surface area contributed by atoms with Crippen molar-refractivity contribution in [1.29, 1.82) is 0 Å². The fourth-order valence-electron chi connectivity index (χ4n) is 12.5. The van der Waals surface area contributed by atoms with Crippen LogP contribution < -0.4 is 47.8 Å². The lowest BCUT2D eigenvalue weighted by Gasteiger charge is -2.15. The van der Waals surface area contributed by atoms with Crippen molar-refractivity contribution in [2.75, 3.05) is 21.3 Å². The SMILES string of the molecule is COc1ccc2c(c1)c1oc(=O)c(Sc3cc(C)cc(C)c3)c(O)c1c(=O)n2Cc1ccc(F)cc1.COc1ccc2c(c1)c1oc(=O)c(Sc3ccc(C(F)(F)F)cc3)c(O)c1c(=O)n2Cc1ccc(F)cc1.COc1ccc2c(c1)c1oc(=O)c(Sc3cccc(C(F)(F)F)c3)c(O)c1c(=O)n2Cc1ccc(F)cc1. The zero-order valence-electron chi connectivity index (χ0n) is 58.8. The molecular formula is C82H56F9N3O15S3. The summed E-state index contributed by atoms with van der Waals surface area (Å²) in [7, 11) is 4.36. The first-order valence-electron chi connectivity index (χ1n) is 33.3. The summed E-state index contributed by atoms with van der Waals surface area (Å²) in [4.78, 5) is 80.0. The van der Waals surface area contributed by atoms with Gasteiger partial charge in [0.2, 0.25) is 0 Å². The normalized spacial score (nSPS) is 11.7. The zero-order chi connectivity index (χ0) is 79.9. The first-order chi connectivity index (χ1) is 53.4. The summed E-state index contributed by atoms with van der Waals surface area (Å²) in [5.41, 5.74) is -1.79. The van der Waals surface area contributed by atoms with Crippen LogP contribution in [0.3, 0.4) is 0 Å². The number of halogens is 9. The lowest BCUT2D eigenvalue weighted by Crippen LogP contribution is -2.23. The Kier molecular flexibility index (Phi) is 21.8. The van der Waals surface area contributed by atoms with Gasteiger partial charge < -0.3 is 56.5 Å². The summed E-state index contributed by atoms with van der Waals surface area (Å²) in [5.74, 6) is -1.83. The van der Waals surface area contributed by atoms with Crippen LogP contribution in [0.25, 0.3) is 65.6 Å². The molecule has 0 unspecified atom stereocenters. The second kappa shape index (κ2) is 31.4. The van der Waals surface area contributed by atoms with Crippen molar-refractivity contribution in [3.05, 3.63) is 313 Å². The third kappa shape index (κ3) is 15.9. The monoisotopic (exact) mass is 1590 g/mol. The third-order valence-electron chi connectivity index (χ3n) is 17.7. The Bertz CT molecular complexity index is 6610. The summed E-state index contributed by atoms with van der Waals surface area (Å²) in [6.45, 7) is 4.00. The average molecular weight is 1590 g/mol. The number of benzene rings is 9. The van der Waals surface area contributed by atoms with Crippen molar-refractivity contribution in [2.45, 2.75) is 75.2 Å². The number of hydrogen-bond acceptors (Lipinski definition) is 18. The van der Waals surface area contributed by atoms with Crippen LogP contribution in [-0.4, -0.2) is 50.4 Å². The Labute approximate surface area is 637 Å². The number of aryl methyl sites for hydroxylation is 2. The van der Waals surface area contributed by atoms with E-state index in [2.05, 4.69) is 0 Å². The lowest BCUT2D eigenvalue weighted by atomic mass is 10.1. The number of ether oxygens (including phenoxy) is 3. The van der Waals surface area contributed by atoms with Gasteiger partial charge in [-0.1, -0.05) is 83.8 Å². The summed E-state index contributed by atoms with van der Waals surface area (Å²) in [6.07, 6.45) is -9.15. The van der Waals surface area contributed by atoms with E-state index in [0.717, 1.165) is 64.2 Å². The number of methoxy groups -OCH3 is 3. The van der Waals surface area contributed by atoms with Crippen LogP contribution in [0.5, 0.6) is 34.5 Å². The van der Waals surface area contributed by atoms with E-state index in [1.165, 1.54) is 114 Å². The Morgan fingerprint density at radius 3 is 1.01 bits per heavy atom. The van der Waals surface area contributed by atoms with Gasteiger partial charge >= 0.3 is 29.2 Å². The Hall–Kier alpha value is -12.5. The highest BCUT2D eigenvalue weighted by molar-refractivity contribution is 8.00. The smallest absolute Gasteiger partial charge is 0.416 e. The number of hydrogen-bond donors (Lipinski definition) is 3. The summed E-state index contributed by atoms with van der Waals surface area (Å²) < 4.78 is 155. The number of fused-ring (bicyclic) bond motifs is 9. The van der Waals surface area contributed by atoms with Crippen molar-refractivity contribution in [3.8, 4) is 34.5 Å². The van der Waals surface area contributed by atoms with E-state index in [9.17, 15) is 83.6 Å². The quantitative estimate of drug-likeness (QED) is 0.0638. The molecule has 0 atom stereocenters. The molecule has 112 heavy (non-hydrogen) atoms. The molecule has 0 saturated carbocycles. The second-order valence-corrected chi connectivity index (χ2v) is 28.4. The van der Waals surface area contributed by atoms with Gasteiger partial charge in [0.05, 0.1) is 68.6 Å². The zero-order valence-corrected chi connectivity index (χ0v) is 61.3. The van der Waals surface area contributed by atoms with E-state index in [1.54, 1.807) is 60.7 Å². The van der Waals surface area contributed by atoms with Crippen LogP contribution >= 0.6 is 35.3 Å². The number of alkyl halides is 6. The van der Waals surface area contributed by atoms with Gasteiger partial charge in [0.15, 0.2) is 34.0 Å². The van der Waals surface area contributed by atoms with Crippen LogP contribution in [0.4, 0.5) is 39.5 Å². The molecule has 3 N–H and O–H groups in total. The molecule has 0 amide bonds. The highest BCUT2D eigenvalue weighted by atomic mass is 32.2. The van der Waals surface area contributed by atoms with Gasteiger partial charge in [-0.2, -0.15) is 26.3 Å². The van der Waals surface area contributed by atoms with Gasteiger partial charge in [0, 0.05) is 30.8 Å². The number of rotatable bonds is 15. The van der Waals surface area contributed by atoms with E-state index < -0.39 is 90.8 Å². The molecule has 15 aromatic rings. The molecule has 9 aromatic carbocycles. The van der Waals surface area contributed by atoms with Gasteiger partial charge in [-0.25, -0.2) is 27.6 Å². The molecular weight excluding hydrogens is 1530 g/mol. The number of aromatic nitrogens is 3. The van der Waals surface area contributed by atoms with E-state index >= 15 is 0 Å². The van der Waals surface area contributed by atoms with Gasteiger partial charge in [-0.05, 0) is 187 Å². The molecule has 0 aliphatic rings. The topological polar surface area (TPSA) is 245 Å². The standard InChI is InChI=1S/C28H22FNO5S.2C27H17F4NO5S/c1-15-10-16(2)12-20(11-15)36-26-24(31)23-25(35-28(26)33)21-13-19(34-3)8-9-22(21)30(27(23)32)14-17-4-6-18(29)7-5-17;1-36-17-8-11-20-19(12-17)23-21(25(34)32(20)13-14-2-6-16(28)7-3-14)22(33)24(26(35)37-23)38-18-9-4-15(5-10-18)27(29,30)31;1-36-17-9-10-20-19(12-17)23-21(25(34)32(20)13-14-5-7-16(28)8-6-14)22(33)24(26(35)37-23)38-18-4-2-3-15(11-18)27(29,30)31/h4-13,31H,14H2,1-3H3;2*2-12,33H,13H2,1H3. The summed E-state index contributed by atoms with van der Waals surface area (Å²) in [6, 6.07) is 45.3. The molecule has 15 rings (SSSR count). The maximum Gasteiger partial charge on any atom is 0.416 e. The van der Waals surface area contributed by atoms with Gasteiger partial charge in [-0.15, -0.1) is 0 Å². The Morgan fingerprint density at radius 1 is 0.366 bits per heavy atom. The van der Waals surface area contributed by atoms with Crippen molar-refractivity contribution < 1.29 is 82.3 Å². The molecule has 0 bridgehead atoms. The highest BCUT2D eigenvalue weighted by Crippen LogP contribution is 2.44. The fourth-order valence-corrected chi connectivity index (χ4v) is 15.2. The predicted molar refractivity (Wildman–Crippen MR) is 405 cm³/mol. The molecule has 30 heteroatoms. The molecule has 0 radical (unpaired) electrons. The Balaban J connectivity index is 0.000000147. The number of aromatic hydroxyl groups is 3. The van der Waals surface area contributed by atoms with Crippen LogP contribution in [0.2, 0.25) is 0 Å². The largest absolute Gasteiger partial charge is 0.505 e. The predicted octanol–water partition coefficient (Wildman–Crippen LogP) is 18.1. The molecule has 6 heterocycles. The van der Waals surface area contributed by atoms with E-state index in [1.807, 2.05) is 32.0 Å². The molecule has 0 saturated heterocycles. The van der Waals surface area contributed by atoms with Gasteiger partial charge in [-0.3, -0.25) is 14.4 Å². The van der Waals surface area contributed by atoms with Crippen LogP contribution in [-0.2, 0) is 32.0 Å². The van der Waals surface area contributed by atoms with E-state index in [-0.39, 0.29) is 83.3 Å². The lowest BCUT2D eigenvalue weighted by molar-refractivity contribution is -0.138. The highest BCUT2D eigenvalue weighted by Gasteiger charge is 2.33. The van der Waals surface area contributed by atoms with Crippen LogP contribution in [0, 0.1) is 31.3 Å². The first-order valence-corrected chi connectivity index (χ1v) is 35.7. The molecule has 0 aliphatic heterocycles. The summed E-state index contributed by atoms with van der Waals surface area (Å²) >= 11 is 2.26. The molecule has 0 fully saturated rings. The third-order valence-corrected chi connectivity index (χ3v) is 20.9. The molecule has 0 spiro atoms. The maximum absolute atomic E-state index is 13.7.